The number of carbonyl (C=O) groups is 1. The lowest BCUT2D eigenvalue weighted by atomic mass is 10.3. The van der Waals surface area contributed by atoms with Crippen LogP contribution in [0, 0.1) is 6.92 Å². The van der Waals surface area contributed by atoms with Crippen molar-refractivity contribution in [1.82, 2.24) is 19.6 Å². The molecule has 2 aromatic heterocycles. The van der Waals surface area contributed by atoms with Crippen molar-refractivity contribution in [3.63, 3.8) is 0 Å². The van der Waals surface area contributed by atoms with Gasteiger partial charge in [-0.05, 0) is 57.3 Å². The van der Waals surface area contributed by atoms with E-state index in [1.807, 2.05) is 46.8 Å². The maximum absolute atomic E-state index is 13.0. The summed E-state index contributed by atoms with van der Waals surface area (Å²) in [5, 5.41) is 6.38. The Bertz CT molecular complexity index is 951. The van der Waals surface area contributed by atoms with Crippen LogP contribution < -0.4 is 0 Å². The van der Waals surface area contributed by atoms with Crippen molar-refractivity contribution in [2.75, 3.05) is 33.2 Å². The zero-order valence-electron chi connectivity index (χ0n) is 15.3. The number of thiophene rings is 1. The molecule has 3 heterocycles. The Hall–Kier alpha value is -1.60. The predicted molar refractivity (Wildman–Crippen MR) is 114 cm³/mol. The number of hydrogen-bond acceptors (Lipinski definition) is 4. The van der Waals surface area contributed by atoms with Crippen molar-refractivity contribution < 1.29 is 4.79 Å². The number of carbonyl (C=O) groups excluding carboxylic acids is 1. The zero-order valence-corrected chi connectivity index (χ0v) is 17.7. The predicted octanol–water partition coefficient (Wildman–Crippen LogP) is 4.25. The van der Waals surface area contributed by atoms with Gasteiger partial charge >= 0.3 is 0 Å². The van der Waals surface area contributed by atoms with Crippen molar-refractivity contribution in [3.8, 4) is 5.69 Å². The van der Waals surface area contributed by atoms with E-state index in [1.165, 1.54) is 11.3 Å². The lowest BCUT2D eigenvalue weighted by molar-refractivity contribution is 0.0767. The van der Waals surface area contributed by atoms with Crippen molar-refractivity contribution in [1.29, 1.82) is 0 Å². The average Bonchev–Trinajstić information content (AvgIpc) is 3.11. The van der Waals surface area contributed by atoms with E-state index >= 15 is 0 Å². The van der Waals surface area contributed by atoms with E-state index in [0.29, 0.717) is 5.02 Å². The monoisotopic (exact) mass is 424 g/mol. The first kappa shape index (κ1) is 20.1. The molecule has 1 amide bonds. The summed E-state index contributed by atoms with van der Waals surface area (Å²) >= 11 is 7.51. The Kier molecular flexibility index (Phi) is 6.11. The van der Waals surface area contributed by atoms with Gasteiger partial charge in [0.05, 0.1) is 16.3 Å². The lowest BCUT2D eigenvalue weighted by Crippen LogP contribution is -2.34. The highest BCUT2D eigenvalue weighted by molar-refractivity contribution is 7.20. The van der Waals surface area contributed by atoms with Crippen LogP contribution in [0.15, 0.2) is 30.3 Å². The molecule has 0 saturated carbocycles. The molecule has 1 aliphatic heterocycles. The van der Waals surface area contributed by atoms with Gasteiger partial charge in [-0.15, -0.1) is 23.7 Å². The first-order valence-electron chi connectivity index (χ1n) is 8.76. The normalized spacial score (nSPS) is 15.6. The topological polar surface area (TPSA) is 41.4 Å². The Labute approximate surface area is 173 Å². The third-order valence-electron chi connectivity index (χ3n) is 4.83. The Balaban J connectivity index is 0.00000210. The Morgan fingerprint density at radius 1 is 1.15 bits per heavy atom. The average molecular weight is 425 g/mol. The van der Waals surface area contributed by atoms with Crippen LogP contribution in [0.3, 0.4) is 0 Å². The summed E-state index contributed by atoms with van der Waals surface area (Å²) < 4.78 is 1.90. The van der Waals surface area contributed by atoms with E-state index in [4.69, 9.17) is 11.6 Å². The first-order chi connectivity index (χ1) is 12.5. The smallest absolute Gasteiger partial charge is 0.264 e. The summed E-state index contributed by atoms with van der Waals surface area (Å²) in [6, 6.07) is 9.59. The van der Waals surface area contributed by atoms with Crippen LogP contribution in [-0.4, -0.2) is 58.7 Å². The van der Waals surface area contributed by atoms with Gasteiger partial charge in [0.25, 0.3) is 5.91 Å². The minimum atomic E-state index is 0. The van der Waals surface area contributed by atoms with Gasteiger partial charge in [0.2, 0.25) is 0 Å². The summed E-state index contributed by atoms with van der Waals surface area (Å²) in [7, 11) is 2.11. The molecule has 1 saturated heterocycles. The number of nitrogens with zero attached hydrogens (tertiary/aromatic N) is 4. The van der Waals surface area contributed by atoms with Gasteiger partial charge < -0.3 is 9.80 Å². The zero-order chi connectivity index (χ0) is 18.3. The summed E-state index contributed by atoms with van der Waals surface area (Å²) in [4.78, 5) is 19.0. The summed E-state index contributed by atoms with van der Waals surface area (Å²) in [6.45, 7) is 5.55. The van der Waals surface area contributed by atoms with E-state index in [2.05, 4.69) is 17.0 Å². The first-order valence-corrected chi connectivity index (χ1v) is 9.95. The largest absolute Gasteiger partial charge is 0.337 e. The van der Waals surface area contributed by atoms with Crippen molar-refractivity contribution in [2.24, 2.45) is 0 Å². The molecular formula is C19H22Cl2N4OS. The molecule has 1 fully saturated rings. The van der Waals surface area contributed by atoms with Crippen molar-refractivity contribution in [2.45, 2.75) is 13.3 Å². The van der Waals surface area contributed by atoms with Crippen molar-refractivity contribution >= 4 is 51.5 Å². The number of rotatable bonds is 2. The molecule has 1 aliphatic rings. The molecule has 8 heteroatoms. The van der Waals surface area contributed by atoms with Gasteiger partial charge in [-0.25, -0.2) is 4.68 Å². The molecule has 0 radical (unpaired) electrons. The molecule has 144 valence electrons. The van der Waals surface area contributed by atoms with Gasteiger partial charge in [-0.3, -0.25) is 4.79 Å². The van der Waals surface area contributed by atoms with E-state index in [1.54, 1.807) is 0 Å². The van der Waals surface area contributed by atoms with Crippen LogP contribution in [0.25, 0.3) is 15.9 Å². The molecule has 0 atom stereocenters. The fourth-order valence-electron chi connectivity index (χ4n) is 3.32. The van der Waals surface area contributed by atoms with Crippen LogP contribution in [0.4, 0.5) is 0 Å². The number of aryl methyl sites for hydroxylation is 1. The third-order valence-corrected chi connectivity index (χ3v) is 6.18. The van der Waals surface area contributed by atoms with E-state index in [0.717, 1.165) is 59.1 Å². The minimum Gasteiger partial charge on any atom is -0.337 e. The van der Waals surface area contributed by atoms with Gasteiger partial charge in [0.15, 0.2) is 0 Å². The van der Waals surface area contributed by atoms with Crippen LogP contribution >= 0.6 is 35.3 Å². The molecule has 0 unspecified atom stereocenters. The molecule has 0 N–H and O–H groups in total. The second-order valence-corrected chi connectivity index (χ2v) is 8.22. The highest BCUT2D eigenvalue weighted by Gasteiger charge is 2.23. The molecule has 0 spiro atoms. The van der Waals surface area contributed by atoms with Crippen LogP contribution in [0.1, 0.15) is 21.8 Å². The summed E-state index contributed by atoms with van der Waals surface area (Å²) in [5.74, 6) is 0.128. The van der Waals surface area contributed by atoms with Gasteiger partial charge in [0, 0.05) is 30.0 Å². The molecule has 3 aromatic rings. The molecule has 4 rings (SSSR count). The second-order valence-electron chi connectivity index (χ2n) is 6.75. The van der Waals surface area contributed by atoms with E-state index < -0.39 is 0 Å². The fraction of sp³-hybridized carbons (Fsp3) is 0.368. The quantitative estimate of drug-likeness (QED) is 0.617. The maximum Gasteiger partial charge on any atom is 0.264 e. The number of benzene rings is 1. The number of hydrogen-bond donors (Lipinski definition) is 0. The van der Waals surface area contributed by atoms with Crippen LogP contribution in [-0.2, 0) is 0 Å². The number of amides is 1. The summed E-state index contributed by atoms with van der Waals surface area (Å²) in [6.07, 6.45) is 1.02. The Morgan fingerprint density at radius 2 is 1.89 bits per heavy atom. The molecule has 0 bridgehead atoms. The highest BCUT2D eigenvalue weighted by Crippen LogP contribution is 2.31. The van der Waals surface area contributed by atoms with Gasteiger partial charge in [-0.2, -0.15) is 5.10 Å². The van der Waals surface area contributed by atoms with Gasteiger partial charge in [-0.1, -0.05) is 11.6 Å². The molecule has 0 aliphatic carbocycles. The molecule has 27 heavy (non-hydrogen) atoms. The third kappa shape index (κ3) is 3.99. The minimum absolute atomic E-state index is 0. The van der Waals surface area contributed by atoms with Gasteiger partial charge in [0.1, 0.15) is 4.83 Å². The molecular weight excluding hydrogens is 403 g/mol. The van der Waals surface area contributed by atoms with E-state index in [-0.39, 0.29) is 18.3 Å². The summed E-state index contributed by atoms with van der Waals surface area (Å²) in [5.41, 5.74) is 1.88. The number of aromatic nitrogens is 2. The fourth-order valence-corrected chi connectivity index (χ4v) is 4.59. The Morgan fingerprint density at radius 3 is 2.63 bits per heavy atom. The maximum atomic E-state index is 13.0. The number of halogens is 2. The molecule has 5 nitrogen and oxygen atoms in total. The van der Waals surface area contributed by atoms with Crippen molar-refractivity contribution in [3.05, 3.63) is 45.9 Å². The molecule has 1 aromatic carbocycles. The second kappa shape index (κ2) is 8.19. The highest BCUT2D eigenvalue weighted by atomic mass is 35.5. The van der Waals surface area contributed by atoms with Crippen LogP contribution in [0.5, 0.6) is 0 Å². The SMILES string of the molecule is Cc1nn(-c2ccc(Cl)cc2)c2sc(C(=O)N3CCCN(C)CC3)cc12.Cl. The number of likely N-dealkylation sites (N-methyl/N-ethyl adjacent to an activating group) is 1. The lowest BCUT2D eigenvalue weighted by Gasteiger charge is -2.19. The number of fused-ring (bicyclic) bond motifs is 1. The van der Waals surface area contributed by atoms with E-state index in [9.17, 15) is 4.79 Å². The van der Waals surface area contributed by atoms with Crippen LogP contribution in [0.2, 0.25) is 5.02 Å². The standard InChI is InChI=1S/C19H21ClN4OS.ClH/c1-13-16-12-17(18(25)23-9-3-8-22(2)10-11-23)26-19(16)24(21-13)15-6-4-14(20)5-7-15;/h4-7,12H,3,8-11H2,1-2H3;1H.